The van der Waals surface area contributed by atoms with E-state index >= 15 is 0 Å². The Morgan fingerprint density at radius 1 is 1.47 bits per heavy atom. The predicted molar refractivity (Wildman–Crippen MR) is 65.8 cm³/mol. The average molecular weight is 277 g/mol. The van der Waals surface area contributed by atoms with Gasteiger partial charge in [-0.15, -0.1) is 11.3 Å². The highest BCUT2D eigenvalue weighted by Crippen LogP contribution is 2.27. The van der Waals surface area contributed by atoms with Crippen LogP contribution in [-0.4, -0.2) is 36.9 Å². The summed E-state index contributed by atoms with van der Waals surface area (Å²) in [5.41, 5.74) is 0. The van der Waals surface area contributed by atoms with E-state index in [0.29, 0.717) is 4.88 Å². The van der Waals surface area contributed by atoms with Gasteiger partial charge in [0.25, 0.3) is 0 Å². The van der Waals surface area contributed by atoms with E-state index in [2.05, 4.69) is 0 Å². The third kappa shape index (κ3) is 2.67. The van der Waals surface area contributed by atoms with Gasteiger partial charge in [-0.05, 0) is 26.8 Å². The maximum atomic E-state index is 12.2. The van der Waals surface area contributed by atoms with Gasteiger partial charge in [0, 0.05) is 16.8 Å². The molecule has 0 amide bonds. The molecule has 0 aliphatic heterocycles. The molecule has 17 heavy (non-hydrogen) atoms. The van der Waals surface area contributed by atoms with Crippen LogP contribution in [-0.2, 0) is 14.8 Å². The topological polar surface area (TPSA) is 74.7 Å². The summed E-state index contributed by atoms with van der Waals surface area (Å²) < 4.78 is 25.2. The van der Waals surface area contributed by atoms with Crippen molar-refractivity contribution in [3.8, 4) is 0 Å². The lowest BCUT2D eigenvalue weighted by Gasteiger charge is -2.20. The number of likely N-dealkylation sites (N-methyl/N-ethyl adjacent to an activating group) is 1. The number of sulfonamides is 1. The number of rotatable bonds is 4. The van der Waals surface area contributed by atoms with E-state index < -0.39 is 22.0 Å². The molecule has 96 valence electrons. The molecule has 0 spiro atoms. The normalized spacial score (nSPS) is 13.9. The van der Waals surface area contributed by atoms with E-state index in [1.165, 1.54) is 25.3 Å². The zero-order valence-electron chi connectivity index (χ0n) is 10.1. The van der Waals surface area contributed by atoms with E-state index in [-0.39, 0.29) is 4.90 Å². The van der Waals surface area contributed by atoms with E-state index in [1.54, 1.807) is 13.0 Å². The molecule has 1 unspecified atom stereocenters. The lowest BCUT2D eigenvalue weighted by Crippen LogP contribution is -2.40. The molecule has 0 saturated carbocycles. The van der Waals surface area contributed by atoms with Crippen LogP contribution < -0.4 is 0 Å². The van der Waals surface area contributed by atoms with Crippen molar-refractivity contribution in [2.75, 3.05) is 7.05 Å². The lowest BCUT2D eigenvalue weighted by molar-refractivity contribution is -0.140. The van der Waals surface area contributed by atoms with Gasteiger partial charge in [-0.2, -0.15) is 4.31 Å². The van der Waals surface area contributed by atoms with E-state index in [4.69, 9.17) is 5.11 Å². The number of carbonyl (C=O) groups is 1. The fourth-order valence-electron chi connectivity index (χ4n) is 1.38. The number of carboxylic acids is 1. The Labute approximate surface area is 105 Å². The monoisotopic (exact) mass is 277 g/mol. The minimum Gasteiger partial charge on any atom is -0.480 e. The molecule has 1 N–H and O–H groups in total. The van der Waals surface area contributed by atoms with Crippen LogP contribution in [0.4, 0.5) is 0 Å². The minimum absolute atomic E-state index is 0.190. The van der Waals surface area contributed by atoms with Crippen molar-refractivity contribution < 1.29 is 18.3 Å². The van der Waals surface area contributed by atoms with Crippen molar-refractivity contribution in [2.45, 2.75) is 31.7 Å². The number of nitrogens with zero attached hydrogens (tertiary/aromatic N) is 1. The first-order chi connectivity index (χ1) is 7.67. The van der Waals surface area contributed by atoms with Crippen LogP contribution >= 0.6 is 11.3 Å². The summed E-state index contributed by atoms with van der Waals surface area (Å²) in [4.78, 5) is 12.6. The third-order valence-electron chi connectivity index (χ3n) is 2.56. The number of thiophene rings is 1. The van der Waals surface area contributed by atoms with Gasteiger partial charge in [0.2, 0.25) is 10.0 Å². The largest absolute Gasteiger partial charge is 0.480 e. The quantitative estimate of drug-likeness (QED) is 0.904. The highest BCUT2D eigenvalue weighted by molar-refractivity contribution is 7.89. The zero-order chi connectivity index (χ0) is 13.4. The molecule has 1 aromatic heterocycles. The molecule has 0 bridgehead atoms. The van der Waals surface area contributed by atoms with E-state index in [0.717, 1.165) is 9.18 Å². The summed E-state index contributed by atoms with van der Waals surface area (Å²) in [5, 5.41) is 8.83. The van der Waals surface area contributed by atoms with Crippen molar-refractivity contribution in [1.82, 2.24) is 4.31 Å². The molecule has 0 saturated heterocycles. The molecule has 0 aromatic carbocycles. The molecule has 0 aliphatic rings. The van der Waals surface area contributed by atoms with Crippen LogP contribution in [0, 0.1) is 13.8 Å². The Hall–Kier alpha value is -0.920. The smallest absolute Gasteiger partial charge is 0.321 e. The summed E-state index contributed by atoms with van der Waals surface area (Å²) >= 11 is 1.38. The van der Waals surface area contributed by atoms with Gasteiger partial charge in [0.15, 0.2) is 0 Å². The Kier molecular flexibility index (Phi) is 3.95. The molecule has 0 radical (unpaired) electrons. The Bertz CT molecular complexity index is 533. The second kappa shape index (κ2) is 4.75. The second-order valence-corrected chi connectivity index (χ2v) is 7.24. The number of carboxylic acid groups (broad SMARTS) is 1. The third-order valence-corrected chi connectivity index (χ3v) is 5.70. The first-order valence-electron chi connectivity index (χ1n) is 4.95. The Morgan fingerprint density at radius 2 is 2.00 bits per heavy atom. The molecule has 0 fully saturated rings. The molecule has 5 nitrogen and oxygen atoms in total. The molecule has 1 heterocycles. The van der Waals surface area contributed by atoms with Gasteiger partial charge in [-0.3, -0.25) is 4.79 Å². The van der Waals surface area contributed by atoms with Crippen molar-refractivity contribution in [1.29, 1.82) is 0 Å². The predicted octanol–water partition coefficient (Wildman–Crippen LogP) is 1.46. The molecule has 1 aromatic rings. The van der Waals surface area contributed by atoms with Crippen molar-refractivity contribution in [2.24, 2.45) is 0 Å². The maximum absolute atomic E-state index is 12.2. The standard InChI is InChI=1S/C10H15NO4S2/c1-6-5-9(8(3)16-6)17(14,15)11(4)7(2)10(12)13/h5,7H,1-4H3,(H,12,13). The zero-order valence-corrected chi connectivity index (χ0v) is 11.7. The number of aryl methyl sites for hydroxylation is 2. The van der Waals surface area contributed by atoms with Gasteiger partial charge in [0.1, 0.15) is 6.04 Å². The summed E-state index contributed by atoms with van der Waals surface area (Å²) in [7, 11) is -2.45. The van der Waals surface area contributed by atoms with Gasteiger partial charge < -0.3 is 5.11 Å². The molecular formula is C10H15NO4S2. The van der Waals surface area contributed by atoms with Gasteiger partial charge in [0.05, 0.1) is 4.90 Å². The molecule has 7 heteroatoms. The Morgan fingerprint density at radius 3 is 2.35 bits per heavy atom. The number of aliphatic carboxylic acids is 1. The fraction of sp³-hybridized carbons (Fsp3) is 0.500. The molecule has 1 atom stereocenters. The van der Waals surface area contributed by atoms with Crippen LogP contribution in [0.1, 0.15) is 16.7 Å². The van der Waals surface area contributed by atoms with Gasteiger partial charge in [-0.1, -0.05) is 0 Å². The minimum atomic E-state index is -3.73. The number of hydrogen-bond donors (Lipinski definition) is 1. The summed E-state index contributed by atoms with van der Waals surface area (Å²) in [6.07, 6.45) is 0. The van der Waals surface area contributed by atoms with E-state index in [9.17, 15) is 13.2 Å². The van der Waals surface area contributed by atoms with Crippen LogP contribution in [0.25, 0.3) is 0 Å². The van der Waals surface area contributed by atoms with Crippen molar-refractivity contribution in [3.05, 3.63) is 15.8 Å². The highest BCUT2D eigenvalue weighted by atomic mass is 32.2. The fourth-order valence-corrected chi connectivity index (χ4v) is 4.22. The van der Waals surface area contributed by atoms with Crippen LogP contribution in [0.2, 0.25) is 0 Å². The summed E-state index contributed by atoms with van der Waals surface area (Å²) in [5.74, 6) is -1.17. The van der Waals surface area contributed by atoms with Crippen molar-refractivity contribution >= 4 is 27.3 Å². The first kappa shape index (κ1) is 14.1. The number of hydrogen-bond acceptors (Lipinski definition) is 4. The molecular weight excluding hydrogens is 262 g/mol. The summed E-state index contributed by atoms with van der Waals surface area (Å²) in [6.45, 7) is 4.87. The SMILES string of the molecule is Cc1cc(S(=O)(=O)N(C)C(C)C(=O)O)c(C)s1. The maximum Gasteiger partial charge on any atom is 0.321 e. The lowest BCUT2D eigenvalue weighted by atomic mass is 10.4. The van der Waals surface area contributed by atoms with Crippen molar-refractivity contribution in [3.63, 3.8) is 0 Å². The van der Waals surface area contributed by atoms with Gasteiger partial charge in [-0.25, -0.2) is 8.42 Å². The van der Waals surface area contributed by atoms with Gasteiger partial charge >= 0.3 is 5.97 Å². The second-order valence-electron chi connectivity index (χ2n) is 3.81. The van der Waals surface area contributed by atoms with Crippen LogP contribution in [0.3, 0.4) is 0 Å². The first-order valence-corrected chi connectivity index (χ1v) is 7.21. The molecule has 0 aliphatic carbocycles. The Balaban J connectivity index is 3.20. The van der Waals surface area contributed by atoms with Crippen LogP contribution in [0.15, 0.2) is 11.0 Å². The summed E-state index contributed by atoms with van der Waals surface area (Å²) in [6, 6.07) is 0.486. The highest BCUT2D eigenvalue weighted by Gasteiger charge is 2.31. The molecule has 1 rings (SSSR count). The average Bonchev–Trinajstić information content (AvgIpc) is 2.56. The van der Waals surface area contributed by atoms with Crippen LogP contribution in [0.5, 0.6) is 0 Å². The van der Waals surface area contributed by atoms with E-state index in [1.807, 2.05) is 6.92 Å².